The minimum Gasteiger partial charge on any atom is -0.397 e. The van der Waals surface area contributed by atoms with Crippen molar-refractivity contribution in [2.75, 3.05) is 5.73 Å². The molecule has 2 N–H and O–H groups in total. The van der Waals surface area contributed by atoms with Crippen molar-refractivity contribution in [1.82, 2.24) is 4.98 Å². The first-order valence-electron chi connectivity index (χ1n) is 5.22. The number of rotatable bonds is 2. The van der Waals surface area contributed by atoms with Gasteiger partial charge in [-0.25, -0.2) is 4.98 Å². The van der Waals surface area contributed by atoms with Crippen molar-refractivity contribution >= 4 is 33.4 Å². The van der Waals surface area contributed by atoms with Crippen LogP contribution in [-0.2, 0) is 0 Å². The number of pyridine rings is 1. The second kappa shape index (κ2) is 5.10. The molecule has 4 heteroatoms. The van der Waals surface area contributed by atoms with Crippen molar-refractivity contribution in [1.29, 1.82) is 0 Å². The molecule has 1 heterocycles. The van der Waals surface area contributed by atoms with Gasteiger partial charge in [0.2, 0.25) is 0 Å². The van der Waals surface area contributed by atoms with Crippen LogP contribution >= 0.6 is 27.7 Å². The highest BCUT2D eigenvalue weighted by atomic mass is 79.9. The molecule has 0 unspecified atom stereocenters. The average molecular weight is 309 g/mol. The van der Waals surface area contributed by atoms with Gasteiger partial charge in [-0.15, -0.1) is 0 Å². The summed E-state index contributed by atoms with van der Waals surface area (Å²) in [5.41, 5.74) is 9.13. The number of aryl methyl sites for hydroxylation is 2. The third-order valence-electron chi connectivity index (χ3n) is 2.40. The van der Waals surface area contributed by atoms with Crippen molar-refractivity contribution in [3.63, 3.8) is 0 Å². The van der Waals surface area contributed by atoms with Gasteiger partial charge in [0.15, 0.2) is 0 Å². The molecule has 17 heavy (non-hydrogen) atoms. The molecule has 0 saturated heterocycles. The third kappa shape index (κ3) is 3.01. The predicted octanol–water partition coefficient (Wildman–Crippen LogP) is 4.19. The van der Waals surface area contributed by atoms with Gasteiger partial charge < -0.3 is 5.73 Å². The Morgan fingerprint density at radius 2 is 2.00 bits per heavy atom. The van der Waals surface area contributed by atoms with Crippen molar-refractivity contribution in [3.05, 3.63) is 46.1 Å². The maximum Gasteiger partial charge on any atom is 0.124 e. The van der Waals surface area contributed by atoms with E-state index in [0.717, 1.165) is 9.50 Å². The Kier molecular flexibility index (Phi) is 3.74. The standard InChI is InChI=1S/C13H13BrN2S/c1-8-3-4-9(2)12(5-8)17-13-11(15)6-10(14)7-16-13/h3-7H,15H2,1-2H3. The highest BCUT2D eigenvalue weighted by molar-refractivity contribution is 9.10. The number of nitrogens with two attached hydrogens (primary N) is 1. The van der Waals surface area contributed by atoms with Crippen LogP contribution in [-0.4, -0.2) is 4.98 Å². The van der Waals surface area contributed by atoms with Crippen molar-refractivity contribution in [3.8, 4) is 0 Å². The largest absolute Gasteiger partial charge is 0.397 e. The first-order chi connectivity index (χ1) is 8.06. The van der Waals surface area contributed by atoms with Crippen LogP contribution in [0.5, 0.6) is 0 Å². The lowest BCUT2D eigenvalue weighted by molar-refractivity contribution is 1.12. The van der Waals surface area contributed by atoms with E-state index in [-0.39, 0.29) is 0 Å². The van der Waals surface area contributed by atoms with Crippen molar-refractivity contribution in [2.24, 2.45) is 0 Å². The lowest BCUT2D eigenvalue weighted by Crippen LogP contribution is -1.92. The minimum absolute atomic E-state index is 0.699. The molecule has 0 aliphatic carbocycles. The maximum atomic E-state index is 5.94. The zero-order valence-electron chi connectivity index (χ0n) is 9.70. The van der Waals surface area contributed by atoms with E-state index in [9.17, 15) is 0 Å². The second-order valence-corrected chi connectivity index (χ2v) is 5.87. The molecule has 0 aliphatic rings. The monoisotopic (exact) mass is 308 g/mol. The molecule has 2 nitrogen and oxygen atoms in total. The van der Waals surface area contributed by atoms with Gasteiger partial charge in [0.05, 0.1) is 5.69 Å². The number of aromatic nitrogens is 1. The van der Waals surface area contributed by atoms with Gasteiger partial charge in [0, 0.05) is 15.6 Å². The Labute approximate surface area is 114 Å². The molecule has 0 amide bonds. The van der Waals surface area contributed by atoms with Crippen LogP contribution in [0.25, 0.3) is 0 Å². The molecule has 2 rings (SSSR count). The van der Waals surface area contributed by atoms with E-state index in [1.807, 2.05) is 6.07 Å². The predicted molar refractivity (Wildman–Crippen MR) is 76.4 cm³/mol. The molecule has 2 aromatic rings. The van der Waals surface area contributed by atoms with Gasteiger partial charge in [-0.05, 0) is 53.0 Å². The quantitative estimate of drug-likeness (QED) is 0.904. The molecule has 0 atom stereocenters. The number of nitrogens with zero attached hydrogens (tertiary/aromatic N) is 1. The Bertz CT molecular complexity index is 555. The Morgan fingerprint density at radius 1 is 1.24 bits per heavy atom. The van der Waals surface area contributed by atoms with Crippen molar-refractivity contribution in [2.45, 2.75) is 23.8 Å². The number of hydrogen-bond donors (Lipinski definition) is 1. The smallest absolute Gasteiger partial charge is 0.124 e. The van der Waals surface area contributed by atoms with E-state index in [4.69, 9.17) is 5.73 Å². The lowest BCUT2D eigenvalue weighted by atomic mass is 10.2. The highest BCUT2D eigenvalue weighted by Crippen LogP contribution is 2.33. The summed E-state index contributed by atoms with van der Waals surface area (Å²) < 4.78 is 0.903. The summed E-state index contributed by atoms with van der Waals surface area (Å²) in [6.07, 6.45) is 1.77. The third-order valence-corrected chi connectivity index (χ3v) is 4.02. The van der Waals surface area contributed by atoms with Crippen LogP contribution in [0.1, 0.15) is 11.1 Å². The van der Waals surface area contributed by atoms with Gasteiger partial charge in [0.1, 0.15) is 5.03 Å². The Morgan fingerprint density at radius 3 is 2.71 bits per heavy atom. The van der Waals surface area contributed by atoms with E-state index in [2.05, 4.69) is 53.0 Å². The molecule has 0 saturated carbocycles. The summed E-state index contributed by atoms with van der Waals surface area (Å²) in [6, 6.07) is 8.26. The summed E-state index contributed by atoms with van der Waals surface area (Å²) in [6.45, 7) is 4.18. The van der Waals surface area contributed by atoms with Gasteiger partial charge in [-0.3, -0.25) is 0 Å². The first-order valence-corrected chi connectivity index (χ1v) is 6.83. The molecule has 0 spiro atoms. The van der Waals surface area contributed by atoms with Gasteiger partial charge in [-0.1, -0.05) is 23.9 Å². The van der Waals surface area contributed by atoms with Crippen LogP contribution in [0.15, 0.2) is 44.9 Å². The molecule has 0 radical (unpaired) electrons. The fraction of sp³-hybridized carbons (Fsp3) is 0.154. The number of anilines is 1. The summed E-state index contributed by atoms with van der Waals surface area (Å²) in [7, 11) is 0. The molecular weight excluding hydrogens is 296 g/mol. The fourth-order valence-corrected chi connectivity index (χ4v) is 2.76. The fourth-order valence-electron chi connectivity index (χ4n) is 1.45. The van der Waals surface area contributed by atoms with Gasteiger partial charge in [0.25, 0.3) is 0 Å². The summed E-state index contributed by atoms with van der Waals surface area (Å²) in [5, 5.41) is 0.849. The molecular formula is C13H13BrN2S. The number of nitrogen functional groups attached to an aromatic ring is 1. The van der Waals surface area contributed by atoms with Crippen LogP contribution in [0.3, 0.4) is 0 Å². The Balaban J connectivity index is 2.34. The Hall–Kier alpha value is -1.00. The second-order valence-electron chi connectivity index (χ2n) is 3.92. The minimum atomic E-state index is 0.699. The number of hydrogen-bond acceptors (Lipinski definition) is 3. The SMILES string of the molecule is Cc1ccc(C)c(Sc2ncc(Br)cc2N)c1. The highest BCUT2D eigenvalue weighted by Gasteiger charge is 2.06. The molecule has 1 aromatic heterocycles. The van der Waals surface area contributed by atoms with E-state index >= 15 is 0 Å². The van der Waals surface area contributed by atoms with E-state index in [1.54, 1.807) is 18.0 Å². The zero-order chi connectivity index (χ0) is 12.4. The van der Waals surface area contributed by atoms with Gasteiger partial charge >= 0.3 is 0 Å². The topological polar surface area (TPSA) is 38.9 Å². The van der Waals surface area contributed by atoms with Crippen molar-refractivity contribution < 1.29 is 0 Å². The molecule has 0 aliphatic heterocycles. The lowest BCUT2D eigenvalue weighted by Gasteiger charge is -2.08. The average Bonchev–Trinajstić information content (AvgIpc) is 2.27. The zero-order valence-corrected chi connectivity index (χ0v) is 12.1. The van der Waals surface area contributed by atoms with Crippen LogP contribution in [0.4, 0.5) is 5.69 Å². The van der Waals surface area contributed by atoms with Crippen LogP contribution in [0, 0.1) is 13.8 Å². The maximum absolute atomic E-state index is 5.94. The first kappa shape index (κ1) is 12.5. The summed E-state index contributed by atoms with van der Waals surface area (Å²) in [4.78, 5) is 5.54. The number of halogens is 1. The van der Waals surface area contributed by atoms with E-state index < -0.39 is 0 Å². The molecule has 0 bridgehead atoms. The summed E-state index contributed by atoms with van der Waals surface area (Å²) in [5.74, 6) is 0. The van der Waals surface area contributed by atoms with E-state index in [1.165, 1.54) is 16.0 Å². The van der Waals surface area contributed by atoms with E-state index in [0.29, 0.717) is 5.69 Å². The molecule has 0 fully saturated rings. The van der Waals surface area contributed by atoms with Crippen LogP contribution in [0.2, 0.25) is 0 Å². The number of benzene rings is 1. The van der Waals surface area contributed by atoms with Gasteiger partial charge in [-0.2, -0.15) is 0 Å². The molecule has 1 aromatic carbocycles. The summed E-state index contributed by atoms with van der Waals surface area (Å²) >= 11 is 4.96. The normalized spacial score (nSPS) is 10.5. The van der Waals surface area contributed by atoms with Crippen LogP contribution < -0.4 is 5.73 Å². The molecule has 88 valence electrons.